The number of hydrogen-bond acceptors (Lipinski definition) is 2. The Bertz CT molecular complexity index is 148. The van der Waals surface area contributed by atoms with E-state index in [2.05, 4.69) is 18.7 Å². The molecule has 0 amide bonds. The molecule has 1 aliphatic rings. The second-order valence-corrected chi connectivity index (χ2v) is 4.61. The van der Waals surface area contributed by atoms with E-state index in [1.807, 2.05) is 0 Å². The van der Waals surface area contributed by atoms with Crippen molar-refractivity contribution in [2.45, 2.75) is 45.3 Å². The monoisotopic (exact) mass is 219 g/mol. The molecule has 1 rings (SSSR count). The van der Waals surface area contributed by atoms with Crippen molar-refractivity contribution in [3.05, 3.63) is 0 Å². The van der Waals surface area contributed by atoms with Crippen LogP contribution in [0, 0.1) is 0 Å². The molecule has 0 spiro atoms. The lowest BCUT2D eigenvalue weighted by molar-refractivity contribution is 0.0383. The van der Waals surface area contributed by atoms with Gasteiger partial charge in [-0.1, -0.05) is 6.42 Å². The first-order chi connectivity index (χ1) is 6.74. The zero-order chi connectivity index (χ0) is 10.4. The van der Waals surface area contributed by atoms with Gasteiger partial charge in [0.2, 0.25) is 0 Å². The Hall–Kier alpha value is 0.210. The summed E-state index contributed by atoms with van der Waals surface area (Å²) in [5.41, 5.74) is 0. The van der Waals surface area contributed by atoms with Crippen LogP contribution in [0.2, 0.25) is 0 Å². The summed E-state index contributed by atoms with van der Waals surface area (Å²) < 4.78 is 5.55. The summed E-state index contributed by atoms with van der Waals surface area (Å²) in [4.78, 5) is 2.47. The Balaban J connectivity index is 2.14. The van der Waals surface area contributed by atoms with Crippen LogP contribution in [0.5, 0.6) is 0 Å². The highest BCUT2D eigenvalue weighted by atomic mass is 35.5. The largest absolute Gasteiger partial charge is 0.377 e. The lowest BCUT2D eigenvalue weighted by atomic mass is 9.91. The zero-order valence-corrected chi connectivity index (χ0v) is 10.1. The van der Waals surface area contributed by atoms with Crippen molar-refractivity contribution in [3.8, 4) is 0 Å². The van der Waals surface area contributed by atoms with Crippen molar-refractivity contribution in [2.75, 3.05) is 25.6 Å². The molecule has 0 bridgehead atoms. The summed E-state index contributed by atoms with van der Waals surface area (Å²) >= 11 is 5.78. The van der Waals surface area contributed by atoms with Crippen LogP contribution in [0.4, 0.5) is 0 Å². The predicted octanol–water partition coefficient (Wildman–Crippen LogP) is 2.50. The molecule has 0 unspecified atom stereocenters. The van der Waals surface area contributed by atoms with Gasteiger partial charge in [-0.2, -0.15) is 0 Å². The van der Waals surface area contributed by atoms with Crippen LogP contribution in [0.1, 0.15) is 33.1 Å². The van der Waals surface area contributed by atoms with Crippen LogP contribution in [0.15, 0.2) is 0 Å². The van der Waals surface area contributed by atoms with Gasteiger partial charge in [-0.05, 0) is 26.7 Å². The van der Waals surface area contributed by atoms with E-state index in [9.17, 15) is 0 Å². The van der Waals surface area contributed by atoms with E-state index in [4.69, 9.17) is 16.3 Å². The van der Waals surface area contributed by atoms with Crippen LogP contribution in [-0.4, -0.2) is 42.6 Å². The van der Waals surface area contributed by atoms with E-state index in [-0.39, 0.29) is 0 Å². The van der Waals surface area contributed by atoms with Gasteiger partial charge in [0.25, 0.3) is 0 Å². The third kappa shape index (κ3) is 4.16. The highest BCUT2D eigenvalue weighted by Gasteiger charge is 2.23. The molecule has 1 fully saturated rings. The Morgan fingerprint density at radius 2 is 2.07 bits per heavy atom. The number of rotatable bonds is 7. The van der Waals surface area contributed by atoms with E-state index < -0.39 is 0 Å². The number of ether oxygens (including phenoxy) is 1. The molecule has 0 aromatic heterocycles. The molecule has 0 aromatic carbocycles. The van der Waals surface area contributed by atoms with E-state index in [1.54, 1.807) is 0 Å². The average Bonchev–Trinajstić information content (AvgIpc) is 2.00. The molecule has 1 saturated carbocycles. The van der Waals surface area contributed by atoms with Gasteiger partial charge in [0.05, 0.1) is 12.7 Å². The van der Waals surface area contributed by atoms with Crippen molar-refractivity contribution < 1.29 is 4.74 Å². The minimum Gasteiger partial charge on any atom is -0.377 e. The van der Waals surface area contributed by atoms with Crippen LogP contribution < -0.4 is 0 Å². The molecule has 14 heavy (non-hydrogen) atoms. The molecule has 2 nitrogen and oxygen atoms in total. The molecular weight excluding hydrogens is 198 g/mol. The summed E-state index contributed by atoms with van der Waals surface area (Å²) in [5, 5.41) is 0. The number of hydrogen-bond donors (Lipinski definition) is 0. The SMILES string of the molecule is CC(C)OCCN(CCCl)C1CCC1. The van der Waals surface area contributed by atoms with Crippen molar-refractivity contribution in [2.24, 2.45) is 0 Å². The fourth-order valence-electron chi connectivity index (χ4n) is 1.74. The third-order valence-electron chi connectivity index (χ3n) is 2.79. The minimum absolute atomic E-state index is 0.342. The van der Waals surface area contributed by atoms with Gasteiger partial charge in [0.1, 0.15) is 0 Å². The van der Waals surface area contributed by atoms with Crippen molar-refractivity contribution >= 4 is 11.6 Å². The fourth-order valence-corrected chi connectivity index (χ4v) is 1.96. The number of nitrogens with zero attached hydrogens (tertiary/aromatic N) is 1. The normalized spacial score (nSPS) is 17.8. The van der Waals surface area contributed by atoms with Crippen molar-refractivity contribution in [3.63, 3.8) is 0 Å². The lowest BCUT2D eigenvalue weighted by Crippen LogP contribution is -2.43. The molecule has 0 aromatic rings. The first kappa shape index (κ1) is 12.3. The molecule has 0 heterocycles. The summed E-state index contributed by atoms with van der Waals surface area (Å²) in [5.74, 6) is 0.734. The maximum absolute atomic E-state index is 5.78. The van der Waals surface area contributed by atoms with Gasteiger partial charge in [-0.15, -0.1) is 11.6 Å². The van der Waals surface area contributed by atoms with E-state index >= 15 is 0 Å². The quantitative estimate of drug-likeness (QED) is 0.611. The van der Waals surface area contributed by atoms with Gasteiger partial charge in [0.15, 0.2) is 0 Å². The Kier molecular flexibility index (Phi) is 5.83. The Morgan fingerprint density at radius 3 is 2.50 bits per heavy atom. The molecular formula is C11H22ClNO. The molecule has 0 N–H and O–H groups in total. The van der Waals surface area contributed by atoms with Gasteiger partial charge < -0.3 is 4.74 Å². The van der Waals surface area contributed by atoms with Gasteiger partial charge in [0, 0.05) is 25.0 Å². The van der Waals surface area contributed by atoms with Crippen LogP contribution in [-0.2, 0) is 4.74 Å². The van der Waals surface area contributed by atoms with E-state index in [0.717, 1.165) is 31.6 Å². The van der Waals surface area contributed by atoms with Crippen LogP contribution in [0.25, 0.3) is 0 Å². The van der Waals surface area contributed by atoms with Crippen LogP contribution in [0.3, 0.4) is 0 Å². The maximum atomic E-state index is 5.78. The summed E-state index contributed by atoms with van der Waals surface area (Å²) in [6.45, 7) is 7.04. The lowest BCUT2D eigenvalue weighted by Gasteiger charge is -2.37. The molecule has 3 heteroatoms. The first-order valence-corrected chi connectivity index (χ1v) is 6.19. The van der Waals surface area contributed by atoms with Crippen LogP contribution >= 0.6 is 11.6 Å². The highest BCUT2D eigenvalue weighted by Crippen LogP contribution is 2.24. The molecule has 0 atom stereocenters. The third-order valence-corrected chi connectivity index (χ3v) is 2.96. The predicted molar refractivity (Wildman–Crippen MR) is 61.0 cm³/mol. The number of halogens is 1. The van der Waals surface area contributed by atoms with Gasteiger partial charge in [-0.25, -0.2) is 0 Å². The summed E-state index contributed by atoms with van der Waals surface area (Å²) in [6, 6.07) is 0.782. The Labute approximate surface area is 92.6 Å². The maximum Gasteiger partial charge on any atom is 0.0597 e. The summed E-state index contributed by atoms with van der Waals surface area (Å²) in [6.07, 6.45) is 4.42. The average molecular weight is 220 g/mol. The minimum atomic E-state index is 0.342. The first-order valence-electron chi connectivity index (χ1n) is 5.65. The molecule has 84 valence electrons. The zero-order valence-electron chi connectivity index (χ0n) is 9.34. The molecule has 0 saturated heterocycles. The van der Waals surface area contributed by atoms with Gasteiger partial charge >= 0.3 is 0 Å². The van der Waals surface area contributed by atoms with Crippen molar-refractivity contribution in [1.29, 1.82) is 0 Å². The Morgan fingerprint density at radius 1 is 1.36 bits per heavy atom. The molecule has 1 aliphatic carbocycles. The smallest absolute Gasteiger partial charge is 0.0597 e. The molecule has 0 aliphatic heterocycles. The second kappa shape index (κ2) is 6.65. The second-order valence-electron chi connectivity index (χ2n) is 4.23. The highest BCUT2D eigenvalue weighted by molar-refractivity contribution is 6.18. The summed E-state index contributed by atoms with van der Waals surface area (Å²) in [7, 11) is 0. The van der Waals surface area contributed by atoms with Crippen molar-refractivity contribution in [1.82, 2.24) is 4.90 Å². The standard InChI is InChI=1S/C11H22ClNO/c1-10(2)14-9-8-13(7-6-12)11-4-3-5-11/h10-11H,3-9H2,1-2H3. The molecule has 0 radical (unpaired) electrons. The number of alkyl halides is 1. The van der Waals surface area contributed by atoms with E-state index in [0.29, 0.717) is 6.10 Å². The van der Waals surface area contributed by atoms with Gasteiger partial charge in [-0.3, -0.25) is 4.90 Å². The fraction of sp³-hybridized carbons (Fsp3) is 1.00. The van der Waals surface area contributed by atoms with E-state index in [1.165, 1.54) is 19.3 Å². The topological polar surface area (TPSA) is 12.5 Å².